The maximum Gasteiger partial charge on any atom is 0.191 e. The van der Waals surface area contributed by atoms with Gasteiger partial charge in [0.25, 0.3) is 0 Å². The third kappa shape index (κ3) is 6.89. The number of aliphatic hydroxyl groups is 1. The van der Waals surface area contributed by atoms with Gasteiger partial charge in [0.15, 0.2) is 5.96 Å². The van der Waals surface area contributed by atoms with Crippen molar-refractivity contribution >= 4 is 5.96 Å². The summed E-state index contributed by atoms with van der Waals surface area (Å²) < 4.78 is 7.62. The van der Waals surface area contributed by atoms with Crippen LogP contribution in [0.15, 0.2) is 47.7 Å². The molecular formula is C19H28N4O2. The zero-order valence-electron chi connectivity index (χ0n) is 15.2. The van der Waals surface area contributed by atoms with Crippen LogP contribution in [0.25, 0.3) is 0 Å². The molecule has 0 aliphatic carbocycles. The molecule has 0 saturated heterocycles. The number of rotatable bonds is 8. The summed E-state index contributed by atoms with van der Waals surface area (Å²) >= 11 is 0. The molecule has 6 nitrogen and oxygen atoms in total. The summed E-state index contributed by atoms with van der Waals surface area (Å²) in [5.74, 6) is 1.45. The number of aromatic nitrogens is 1. The molecule has 1 heterocycles. The van der Waals surface area contributed by atoms with Crippen molar-refractivity contribution in [1.82, 2.24) is 15.2 Å². The highest BCUT2D eigenvalue weighted by molar-refractivity contribution is 5.79. The van der Waals surface area contributed by atoms with E-state index < -0.39 is 6.10 Å². The molecule has 1 atom stereocenters. The third-order valence-corrected chi connectivity index (χ3v) is 3.59. The molecule has 0 spiro atoms. The van der Waals surface area contributed by atoms with E-state index in [-0.39, 0.29) is 6.61 Å². The van der Waals surface area contributed by atoms with Crippen LogP contribution in [0.2, 0.25) is 0 Å². The van der Waals surface area contributed by atoms with E-state index in [1.807, 2.05) is 68.2 Å². The fourth-order valence-corrected chi connectivity index (χ4v) is 2.34. The number of nitrogens with one attached hydrogen (secondary N) is 2. The Hall–Kier alpha value is -2.47. The molecule has 2 rings (SSSR count). The molecular weight excluding hydrogens is 316 g/mol. The molecule has 1 aromatic heterocycles. The first kappa shape index (κ1) is 18.9. The van der Waals surface area contributed by atoms with Crippen molar-refractivity contribution in [3.05, 3.63) is 53.9 Å². The predicted molar refractivity (Wildman–Crippen MR) is 101 cm³/mol. The van der Waals surface area contributed by atoms with E-state index >= 15 is 0 Å². The Balaban J connectivity index is 1.78. The Kier molecular flexibility index (Phi) is 7.35. The molecule has 25 heavy (non-hydrogen) atoms. The predicted octanol–water partition coefficient (Wildman–Crippen LogP) is 1.83. The Morgan fingerprint density at radius 3 is 2.84 bits per heavy atom. The number of benzene rings is 1. The van der Waals surface area contributed by atoms with Crippen LogP contribution in [0, 0.1) is 6.92 Å². The van der Waals surface area contributed by atoms with Gasteiger partial charge in [-0.25, -0.2) is 4.99 Å². The monoisotopic (exact) mass is 344 g/mol. The topological polar surface area (TPSA) is 70.8 Å². The number of aryl methyl sites for hydroxylation is 2. The van der Waals surface area contributed by atoms with Crippen molar-refractivity contribution in [1.29, 1.82) is 0 Å². The zero-order chi connectivity index (χ0) is 18.1. The number of aliphatic hydroxyl groups excluding tert-OH is 1. The van der Waals surface area contributed by atoms with Crippen LogP contribution in [0.5, 0.6) is 5.75 Å². The van der Waals surface area contributed by atoms with Gasteiger partial charge >= 0.3 is 0 Å². The first-order valence-corrected chi connectivity index (χ1v) is 8.57. The number of guanidine groups is 1. The Labute approximate surface area is 149 Å². The van der Waals surface area contributed by atoms with Crippen LogP contribution in [-0.4, -0.2) is 41.4 Å². The largest absolute Gasteiger partial charge is 0.491 e. The molecule has 0 aliphatic heterocycles. The lowest BCUT2D eigenvalue weighted by Crippen LogP contribution is -2.42. The van der Waals surface area contributed by atoms with Gasteiger partial charge in [0.1, 0.15) is 18.5 Å². The molecule has 0 fully saturated rings. The summed E-state index contributed by atoms with van der Waals surface area (Å²) in [6.45, 7) is 5.97. The highest BCUT2D eigenvalue weighted by atomic mass is 16.5. The summed E-state index contributed by atoms with van der Waals surface area (Å²) in [6.07, 6.45) is 3.41. The van der Waals surface area contributed by atoms with Crippen molar-refractivity contribution in [2.24, 2.45) is 12.0 Å². The third-order valence-electron chi connectivity index (χ3n) is 3.59. The van der Waals surface area contributed by atoms with Gasteiger partial charge in [0, 0.05) is 32.5 Å². The van der Waals surface area contributed by atoms with Crippen molar-refractivity contribution < 1.29 is 9.84 Å². The number of nitrogens with zero attached hydrogens (tertiary/aromatic N) is 2. The fourth-order valence-electron chi connectivity index (χ4n) is 2.34. The summed E-state index contributed by atoms with van der Waals surface area (Å²) in [4.78, 5) is 4.53. The molecule has 0 radical (unpaired) electrons. The molecule has 0 aliphatic rings. The van der Waals surface area contributed by atoms with Crippen LogP contribution in [0.1, 0.15) is 18.1 Å². The van der Waals surface area contributed by atoms with E-state index in [4.69, 9.17) is 4.74 Å². The Morgan fingerprint density at radius 1 is 1.32 bits per heavy atom. The van der Waals surface area contributed by atoms with Gasteiger partial charge < -0.3 is 25.0 Å². The highest BCUT2D eigenvalue weighted by Gasteiger charge is 2.07. The highest BCUT2D eigenvalue weighted by Crippen LogP contribution is 2.12. The summed E-state index contributed by atoms with van der Waals surface area (Å²) in [5, 5.41) is 16.4. The molecule has 136 valence electrons. The van der Waals surface area contributed by atoms with Gasteiger partial charge in [0.05, 0.1) is 6.54 Å². The SMILES string of the molecule is CCNC(=NCc1ccn(C)c1)NCC(O)COc1cccc(C)c1. The van der Waals surface area contributed by atoms with Crippen LogP contribution >= 0.6 is 0 Å². The van der Waals surface area contributed by atoms with E-state index in [2.05, 4.69) is 15.6 Å². The molecule has 3 N–H and O–H groups in total. The van der Waals surface area contributed by atoms with Gasteiger partial charge in [-0.05, 0) is 43.2 Å². The zero-order valence-corrected chi connectivity index (χ0v) is 15.2. The molecule has 0 amide bonds. The van der Waals surface area contributed by atoms with Crippen LogP contribution in [0.4, 0.5) is 0 Å². The minimum absolute atomic E-state index is 0.231. The van der Waals surface area contributed by atoms with Gasteiger partial charge in [-0.1, -0.05) is 12.1 Å². The molecule has 0 bridgehead atoms. The maximum absolute atomic E-state index is 10.1. The van der Waals surface area contributed by atoms with E-state index in [0.717, 1.165) is 23.4 Å². The maximum atomic E-state index is 10.1. The molecule has 1 aromatic carbocycles. The summed E-state index contributed by atoms with van der Waals surface area (Å²) in [7, 11) is 1.99. The molecule has 6 heteroatoms. The number of hydrogen-bond acceptors (Lipinski definition) is 3. The van der Waals surface area contributed by atoms with Gasteiger partial charge in [-0.15, -0.1) is 0 Å². The minimum atomic E-state index is -0.624. The quantitative estimate of drug-likeness (QED) is 0.505. The van der Waals surface area contributed by atoms with E-state index in [1.54, 1.807) is 0 Å². The lowest BCUT2D eigenvalue weighted by Gasteiger charge is -2.16. The molecule has 2 aromatic rings. The smallest absolute Gasteiger partial charge is 0.191 e. The summed E-state index contributed by atoms with van der Waals surface area (Å²) in [6, 6.07) is 9.83. The van der Waals surface area contributed by atoms with Crippen LogP contribution < -0.4 is 15.4 Å². The van der Waals surface area contributed by atoms with Gasteiger partial charge in [0.2, 0.25) is 0 Å². The average molecular weight is 344 g/mol. The van der Waals surface area contributed by atoms with E-state index in [9.17, 15) is 5.11 Å². The summed E-state index contributed by atoms with van der Waals surface area (Å²) in [5.41, 5.74) is 2.27. The van der Waals surface area contributed by atoms with Crippen molar-refractivity contribution in [2.75, 3.05) is 19.7 Å². The average Bonchev–Trinajstić information content (AvgIpc) is 3.01. The fraction of sp³-hybridized carbons (Fsp3) is 0.421. The Bertz CT molecular complexity index is 682. The van der Waals surface area contributed by atoms with Gasteiger partial charge in [-0.2, -0.15) is 0 Å². The van der Waals surface area contributed by atoms with Crippen LogP contribution in [-0.2, 0) is 13.6 Å². The molecule has 1 unspecified atom stereocenters. The lowest BCUT2D eigenvalue weighted by molar-refractivity contribution is 0.110. The number of aliphatic imine (C=N–C) groups is 1. The Morgan fingerprint density at radius 2 is 2.16 bits per heavy atom. The lowest BCUT2D eigenvalue weighted by atomic mass is 10.2. The standard InChI is InChI=1S/C19H28N4O2/c1-4-20-19(21-11-16-8-9-23(3)13-16)22-12-17(24)14-25-18-7-5-6-15(2)10-18/h5-10,13,17,24H,4,11-12,14H2,1-3H3,(H2,20,21,22). The first-order valence-electron chi connectivity index (χ1n) is 8.57. The van der Waals surface area contributed by atoms with E-state index in [0.29, 0.717) is 19.0 Å². The van der Waals surface area contributed by atoms with Crippen molar-refractivity contribution in [3.8, 4) is 5.75 Å². The number of ether oxygens (including phenoxy) is 1. The second kappa shape index (κ2) is 9.74. The van der Waals surface area contributed by atoms with Crippen LogP contribution in [0.3, 0.4) is 0 Å². The van der Waals surface area contributed by atoms with Crippen molar-refractivity contribution in [2.45, 2.75) is 26.5 Å². The molecule has 0 saturated carbocycles. The second-order valence-corrected chi connectivity index (χ2v) is 6.04. The van der Waals surface area contributed by atoms with Gasteiger partial charge in [-0.3, -0.25) is 0 Å². The second-order valence-electron chi connectivity index (χ2n) is 6.04. The minimum Gasteiger partial charge on any atom is -0.491 e. The number of hydrogen-bond donors (Lipinski definition) is 3. The van der Waals surface area contributed by atoms with Crippen molar-refractivity contribution in [3.63, 3.8) is 0 Å². The normalized spacial score (nSPS) is 12.7. The van der Waals surface area contributed by atoms with E-state index in [1.165, 1.54) is 0 Å². The first-order chi connectivity index (χ1) is 12.1.